The summed E-state index contributed by atoms with van der Waals surface area (Å²) in [5, 5.41) is 0.629. The van der Waals surface area contributed by atoms with Gasteiger partial charge < -0.3 is 9.47 Å². The predicted octanol–water partition coefficient (Wildman–Crippen LogP) is 2.42. The molecule has 0 radical (unpaired) electrons. The zero-order valence-electron chi connectivity index (χ0n) is 6.76. The quantitative estimate of drug-likeness (QED) is 0.617. The normalized spacial score (nSPS) is 14.5. The molecule has 0 aliphatic carbocycles. The first-order chi connectivity index (χ1) is 5.77. The van der Waals surface area contributed by atoms with Crippen molar-refractivity contribution in [3.05, 3.63) is 22.7 Å². The highest BCUT2D eigenvalue weighted by molar-refractivity contribution is 6.32. The standard InChI is InChI=1S/C9H9ClO2/c1-6-4-7(10)9-8(5-6)11-2-3-12-9/h4-5H,2-3H2,1H3. The summed E-state index contributed by atoms with van der Waals surface area (Å²) in [7, 11) is 0. The molecule has 1 aromatic carbocycles. The van der Waals surface area contributed by atoms with Crippen LogP contribution in [-0.4, -0.2) is 13.2 Å². The van der Waals surface area contributed by atoms with E-state index in [1.165, 1.54) is 0 Å². The van der Waals surface area contributed by atoms with Crippen LogP contribution in [0.4, 0.5) is 0 Å². The van der Waals surface area contributed by atoms with Crippen molar-refractivity contribution < 1.29 is 9.47 Å². The number of fused-ring (bicyclic) bond motifs is 1. The molecule has 12 heavy (non-hydrogen) atoms. The van der Waals surface area contributed by atoms with E-state index in [1.54, 1.807) is 0 Å². The number of aryl methyl sites for hydroxylation is 1. The lowest BCUT2D eigenvalue weighted by Gasteiger charge is -2.19. The third kappa shape index (κ3) is 1.23. The molecule has 2 rings (SSSR count). The maximum absolute atomic E-state index is 5.94. The van der Waals surface area contributed by atoms with Gasteiger partial charge in [0, 0.05) is 0 Å². The van der Waals surface area contributed by atoms with E-state index in [0.29, 0.717) is 24.0 Å². The number of benzene rings is 1. The van der Waals surface area contributed by atoms with E-state index in [2.05, 4.69) is 0 Å². The molecule has 0 unspecified atom stereocenters. The Bertz CT molecular complexity index is 310. The topological polar surface area (TPSA) is 18.5 Å². The van der Waals surface area contributed by atoms with Crippen molar-refractivity contribution in [2.24, 2.45) is 0 Å². The van der Waals surface area contributed by atoms with Crippen LogP contribution in [0, 0.1) is 6.92 Å². The summed E-state index contributed by atoms with van der Waals surface area (Å²) in [5.41, 5.74) is 1.09. The molecule has 2 nitrogen and oxygen atoms in total. The highest BCUT2D eigenvalue weighted by atomic mass is 35.5. The van der Waals surface area contributed by atoms with Crippen molar-refractivity contribution >= 4 is 11.6 Å². The van der Waals surface area contributed by atoms with Crippen LogP contribution in [0.15, 0.2) is 12.1 Å². The Hall–Kier alpha value is -0.890. The Morgan fingerprint density at radius 3 is 2.83 bits per heavy atom. The highest BCUT2D eigenvalue weighted by Gasteiger charge is 2.14. The van der Waals surface area contributed by atoms with Gasteiger partial charge in [0.15, 0.2) is 11.5 Å². The van der Waals surface area contributed by atoms with E-state index in [9.17, 15) is 0 Å². The van der Waals surface area contributed by atoms with E-state index in [1.807, 2.05) is 19.1 Å². The lowest BCUT2D eigenvalue weighted by atomic mass is 10.2. The van der Waals surface area contributed by atoms with Crippen LogP contribution in [0.2, 0.25) is 5.02 Å². The molecular weight excluding hydrogens is 176 g/mol. The minimum absolute atomic E-state index is 0.579. The molecule has 0 amide bonds. The number of hydrogen-bond acceptors (Lipinski definition) is 2. The van der Waals surface area contributed by atoms with Crippen molar-refractivity contribution in [3.8, 4) is 11.5 Å². The fraction of sp³-hybridized carbons (Fsp3) is 0.333. The summed E-state index contributed by atoms with van der Waals surface area (Å²) in [4.78, 5) is 0. The fourth-order valence-electron chi connectivity index (χ4n) is 1.24. The second kappa shape index (κ2) is 2.87. The van der Waals surface area contributed by atoms with Crippen LogP contribution in [-0.2, 0) is 0 Å². The first-order valence-corrected chi connectivity index (χ1v) is 4.21. The van der Waals surface area contributed by atoms with Gasteiger partial charge >= 0.3 is 0 Å². The maximum atomic E-state index is 5.94. The predicted molar refractivity (Wildman–Crippen MR) is 47.2 cm³/mol. The molecule has 0 saturated carbocycles. The van der Waals surface area contributed by atoms with Gasteiger partial charge in [-0.05, 0) is 24.6 Å². The fourth-order valence-corrected chi connectivity index (χ4v) is 1.56. The van der Waals surface area contributed by atoms with Crippen LogP contribution >= 0.6 is 11.6 Å². The third-order valence-corrected chi connectivity index (χ3v) is 2.02. The Balaban J connectivity index is 2.53. The summed E-state index contributed by atoms with van der Waals surface area (Å²) in [6.45, 7) is 3.16. The van der Waals surface area contributed by atoms with E-state index in [4.69, 9.17) is 21.1 Å². The smallest absolute Gasteiger partial charge is 0.179 e. The number of halogens is 1. The molecule has 64 valence electrons. The molecule has 0 aromatic heterocycles. The van der Waals surface area contributed by atoms with Gasteiger partial charge in [-0.3, -0.25) is 0 Å². The van der Waals surface area contributed by atoms with Gasteiger partial charge in [0.25, 0.3) is 0 Å². The summed E-state index contributed by atoms with van der Waals surface area (Å²) < 4.78 is 10.7. The first kappa shape index (κ1) is 7.74. The molecule has 0 bridgehead atoms. The molecule has 0 N–H and O–H groups in total. The lowest BCUT2D eigenvalue weighted by Crippen LogP contribution is -2.15. The zero-order chi connectivity index (χ0) is 8.55. The number of rotatable bonds is 0. The van der Waals surface area contributed by atoms with E-state index >= 15 is 0 Å². The van der Waals surface area contributed by atoms with Gasteiger partial charge in [-0.25, -0.2) is 0 Å². The average Bonchev–Trinajstić information content (AvgIpc) is 2.04. The van der Waals surface area contributed by atoms with Gasteiger partial charge in [-0.2, -0.15) is 0 Å². The van der Waals surface area contributed by atoms with Crippen LogP contribution in [0.3, 0.4) is 0 Å². The molecule has 1 aliphatic rings. The summed E-state index contributed by atoms with van der Waals surface area (Å²) >= 11 is 5.94. The Labute approximate surface area is 76.1 Å². The minimum atomic E-state index is 0.579. The van der Waals surface area contributed by atoms with Crippen molar-refractivity contribution in [2.45, 2.75) is 6.92 Å². The lowest BCUT2D eigenvalue weighted by molar-refractivity contribution is 0.171. The Morgan fingerprint density at radius 1 is 1.25 bits per heavy atom. The Kier molecular flexibility index (Phi) is 1.85. The van der Waals surface area contributed by atoms with E-state index in [-0.39, 0.29) is 0 Å². The highest BCUT2D eigenvalue weighted by Crippen LogP contribution is 2.37. The maximum Gasteiger partial charge on any atom is 0.179 e. The molecular formula is C9H9ClO2. The molecule has 1 aliphatic heterocycles. The monoisotopic (exact) mass is 184 g/mol. The molecule has 0 saturated heterocycles. The second-order valence-corrected chi connectivity index (χ2v) is 3.18. The summed E-state index contributed by atoms with van der Waals surface area (Å²) in [5.74, 6) is 1.43. The molecule has 0 atom stereocenters. The third-order valence-electron chi connectivity index (χ3n) is 1.74. The average molecular weight is 185 g/mol. The molecule has 0 spiro atoms. The minimum Gasteiger partial charge on any atom is -0.486 e. The largest absolute Gasteiger partial charge is 0.486 e. The second-order valence-electron chi connectivity index (χ2n) is 2.77. The summed E-state index contributed by atoms with van der Waals surface area (Å²) in [6.07, 6.45) is 0. The zero-order valence-corrected chi connectivity index (χ0v) is 7.52. The van der Waals surface area contributed by atoms with E-state index < -0.39 is 0 Å². The van der Waals surface area contributed by atoms with Crippen molar-refractivity contribution in [3.63, 3.8) is 0 Å². The van der Waals surface area contributed by atoms with Crippen LogP contribution in [0.1, 0.15) is 5.56 Å². The summed E-state index contributed by atoms with van der Waals surface area (Å²) in [6, 6.07) is 3.80. The van der Waals surface area contributed by atoms with Crippen molar-refractivity contribution in [1.82, 2.24) is 0 Å². The molecule has 1 heterocycles. The van der Waals surface area contributed by atoms with Crippen molar-refractivity contribution in [2.75, 3.05) is 13.2 Å². The van der Waals surface area contributed by atoms with Gasteiger partial charge in [-0.15, -0.1) is 0 Å². The van der Waals surface area contributed by atoms with E-state index in [0.717, 1.165) is 11.3 Å². The van der Waals surface area contributed by atoms with Gasteiger partial charge in [0.05, 0.1) is 5.02 Å². The molecule has 1 aromatic rings. The number of hydrogen-bond donors (Lipinski definition) is 0. The van der Waals surface area contributed by atoms with Crippen LogP contribution in [0.25, 0.3) is 0 Å². The molecule has 0 fully saturated rings. The van der Waals surface area contributed by atoms with Gasteiger partial charge in [0.2, 0.25) is 0 Å². The van der Waals surface area contributed by atoms with Gasteiger partial charge in [-0.1, -0.05) is 11.6 Å². The van der Waals surface area contributed by atoms with Crippen molar-refractivity contribution in [1.29, 1.82) is 0 Å². The van der Waals surface area contributed by atoms with Gasteiger partial charge in [0.1, 0.15) is 13.2 Å². The molecule has 3 heteroatoms. The Morgan fingerprint density at radius 2 is 2.00 bits per heavy atom. The van der Waals surface area contributed by atoms with Crippen LogP contribution < -0.4 is 9.47 Å². The van der Waals surface area contributed by atoms with Crippen LogP contribution in [0.5, 0.6) is 11.5 Å². The first-order valence-electron chi connectivity index (χ1n) is 3.83. The number of ether oxygens (including phenoxy) is 2. The SMILES string of the molecule is Cc1cc(Cl)c2c(c1)OCCO2.